The monoisotopic (exact) mass is 409 g/mol. The summed E-state index contributed by atoms with van der Waals surface area (Å²) >= 11 is 0. The van der Waals surface area contributed by atoms with Crippen molar-refractivity contribution < 1.29 is 13.3 Å². The lowest BCUT2D eigenvalue weighted by molar-refractivity contribution is -0.385. The van der Waals surface area contributed by atoms with Gasteiger partial charge in [0.2, 0.25) is 10.0 Å². The molecule has 2 aromatic carbocycles. The molecule has 0 saturated carbocycles. The highest BCUT2D eigenvalue weighted by molar-refractivity contribution is 7.89. The van der Waals surface area contributed by atoms with Crippen LogP contribution in [0.3, 0.4) is 0 Å². The number of rotatable bonds is 6. The highest BCUT2D eigenvalue weighted by atomic mass is 32.2. The van der Waals surface area contributed by atoms with E-state index in [4.69, 9.17) is 0 Å². The third-order valence-electron chi connectivity index (χ3n) is 4.26. The average molecular weight is 409 g/mol. The van der Waals surface area contributed by atoms with Gasteiger partial charge in [-0.05, 0) is 29.8 Å². The minimum atomic E-state index is -3.90. The van der Waals surface area contributed by atoms with Crippen molar-refractivity contribution in [2.45, 2.75) is 11.4 Å². The van der Waals surface area contributed by atoms with Crippen molar-refractivity contribution in [2.75, 3.05) is 0 Å². The zero-order valence-corrected chi connectivity index (χ0v) is 15.8. The molecule has 2 heterocycles. The zero-order valence-electron chi connectivity index (χ0n) is 15.0. The van der Waals surface area contributed by atoms with E-state index in [0.29, 0.717) is 11.3 Å². The highest BCUT2D eigenvalue weighted by Gasteiger charge is 2.17. The number of sulfonamides is 1. The van der Waals surface area contributed by atoms with Crippen LogP contribution in [0.2, 0.25) is 0 Å². The van der Waals surface area contributed by atoms with E-state index >= 15 is 0 Å². The molecule has 0 aliphatic rings. The smallest absolute Gasteiger partial charge is 0.258 e. The third kappa shape index (κ3) is 3.98. The summed E-state index contributed by atoms with van der Waals surface area (Å²) in [6.45, 7) is 0.0322. The molecule has 0 amide bonds. The molecule has 4 rings (SSSR count). The lowest BCUT2D eigenvalue weighted by atomic mass is 10.1. The lowest BCUT2D eigenvalue weighted by Crippen LogP contribution is -2.23. The molecule has 0 radical (unpaired) electrons. The summed E-state index contributed by atoms with van der Waals surface area (Å²) in [5.74, 6) is 0. The molecule has 0 aliphatic heterocycles. The zero-order chi connectivity index (χ0) is 20.4. The van der Waals surface area contributed by atoms with Gasteiger partial charge in [0.05, 0.1) is 21.7 Å². The highest BCUT2D eigenvalue weighted by Crippen LogP contribution is 2.21. The molecule has 0 spiro atoms. The van der Waals surface area contributed by atoms with Crippen molar-refractivity contribution in [1.29, 1.82) is 0 Å². The number of aromatic nitrogens is 3. The number of nitro benzene ring substituents is 1. The van der Waals surface area contributed by atoms with Gasteiger partial charge in [-0.1, -0.05) is 24.3 Å². The van der Waals surface area contributed by atoms with Gasteiger partial charge in [0.15, 0.2) is 5.65 Å². The summed E-state index contributed by atoms with van der Waals surface area (Å²) in [5.41, 5.74) is 2.69. The number of hydrogen-bond donors (Lipinski definition) is 1. The summed E-state index contributed by atoms with van der Waals surface area (Å²) < 4.78 is 29.1. The predicted octanol–water partition coefficient (Wildman–Crippen LogP) is 2.78. The van der Waals surface area contributed by atoms with Gasteiger partial charge in [-0.3, -0.25) is 10.1 Å². The van der Waals surface area contributed by atoms with Crippen molar-refractivity contribution >= 4 is 21.4 Å². The number of hydrogen-bond acceptors (Lipinski definition) is 6. The Morgan fingerprint density at radius 2 is 1.90 bits per heavy atom. The van der Waals surface area contributed by atoms with Gasteiger partial charge in [0.25, 0.3) is 5.69 Å². The maximum atomic E-state index is 12.5. The lowest BCUT2D eigenvalue weighted by Gasteiger charge is -2.08. The molecule has 1 N–H and O–H groups in total. The third-order valence-corrected chi connectivity index (χ3v) is 5.66. The number of nitrogens with zero attached hydrogens (tertiary/aromatic N) is 4. The van der Waals surface area contributed by atoms with Crippen LogP contribution in [0, 0.1) is 10.1 Å². The van der Waals surface area contributed by atoms with Crippen molar-refractivity contribution in [3.8, 4) is 11.3 Å². The standard InChI is InChI=1S/C19H15N5O4S/c25-24(26)16-6-2-7-17(11-16)29(27,28)21-12-14-4-1-5-15(10-14)18-13-23-19(22-18)8-3-9-20-23/h1-11,13,21H,12H2. The number of benzene rings is 2. The molecule has 0 unspecified atom stereocenters. The van der Waals surface area contributed by atoms with Crippen LogP contribution in [-0.4, -0.2) is 27.9 Å². The Kier molecular flexibility index (Phi) is 4.79. The van der Waals surface area contributed by atoms with Crippen LogP contribution in [0.1, 0.15) is 5.56 Å². The van der Waals surface area contributed by atoms with E-state index in [2.05, 4.69) is 14.8 Å². The Morgan fingerprint density at radius 3 is 2.69 bits per heavy atom. The topological polar surface area (TPSA) is 120 Å². The minimum absolute atomic E-state index is 0.0322. The average Bonchev–Trinajstić information content (AvgIpc) is 3.17. The molecule has 0 bridgehead atoms. The second-order valence-corrected chi connectivity index (χ2v) is 8.00. The van der Waals surface area contributed by atoms with E-state index in [-0.39, 0.29) is 17.1 Å². The van der Waals surface area contributed by atoms with Crippen molar-refractivity contribution in [1.82, 2.24) is 19.3 Å². The second-order valence-electron chi connectivity index (χ2n) is 6.23. The fourth-order valence-corrected chi connectivity index (χ4v) is 3.89. The van der Waals surface area contributed by atoms with Gasteiger partial charge in [-0.25, -0.2) is 22.6 Å². The first kappa shape index (κ1) is 18.7. The molecule has 146 valence electrons. The number of nitro groups is 1. The fraction of sp³-hybridized carbons (Fsp3) is 0.0526. The molecule has 4 aromatic rings. The Morgan fingerprint density at radius 1 is 1.07 bits per heavy atom. The van der Waals surface area contributed by atoms with E-state index in [1.54, 1.807) is 29.0 Å². The normalized spacial score (nSPS) is 11.6. The SMILES string of the molecule is O=[N+]([O-])c1cccc(S(=O)(=O)NCc2cccc(-c3cn4ncccc4n3)c2)c1. The van der Waals surface area contributed by atoms with Crippen LogP contribution < -0.4 is 4.72 Å². The molecule has 0 aliphatic carbocycles. The molecular formula is C19H15N5O4S. The van der Waals surface area contributed by atoms with Crippen LogP contribution >= 0.6 is 0 Å². The number of non-ortho nitro benzene ring substituents is 1. The first-order valence-electron chi connectivity index (χ1n) is 8.56. The van der Waals surface area contributed by atoms with Crippen molar-refractivity contribution in [3.05, 3.63) is 88.7 Å². The van der Waals surface area contributed by atoms with Crippen LogP contribution in [0.25, 0.3) is 16.9 Å². The maximum absolute atomic E-state index is 12.5. The van der Waals surface area contributed by atoms with Crippen LogP contribution in [0.15, 0.2) is 78.0 Å². The van der Waals surface area contributed by atoms with E-state index in [1.807, 2.05) is 24.3 Å². The summed E-state index contributed by atoms with van der Waals surface area (Å²) in [7, 11) is -3.90. The van der Waals surface area contributed by atoms with E-state index in [1.165, 1.54) is 18.2 Å². The molecule has 10 heteroatoms. The molecule has 9 nitrogen and oxygen atoms in total. The molecule has 0 fully saturated rings. The Balaban J connectivity index is 1.55. The number of imidazole rings is 1. The van der Waals surface area contributed by atoms with E-state index < -0.39 is 14.9 Å². The Labute approximate surface area is 165 Å². The maximum Gasteiger partial charge on any atom is 0.270 e. The van der Waals surface area contributed by atoms with Gasteiger partial charge in [0.1, 0.15) is 0 Å². The van der Waals surface area contributed by atoms with Crippen LogP contribution in [-0.2, 0) is 16.6 Å². The predicted molar refractivity (Wildman–Crippen MR) is 106 cm³/mol. The van der Waals surface area contributed by atoms with E-state index in [9.17, 15) is 18.5 Å². The molecule has 29 heavy (non-hydrogen) atoms. The van der Waals surface area contributed by atoms with E-state index in [0.717, 1.165) is 17.2 Å². The first-order valence-corrected chi connectivity index (χ1v) is 10.0. The largest absolute Gasteiger partial charge is 0.270 e. The van der Waals surface area contributed by atoms with Crippen LogP contribution in [0.4, 0.5) is 5.69 Å². The summed E-state index contributed by atoms with van der Waals surface area (Å²) in [6.07, 6.45) is 3.46. The van der Waals surface area contributed by atoms with Gasteiger partial charge >= 0.3 is 0 Å². The summed E-state index contributed by atoms with van der Waals surface area (Å²) in [4.78, 5) is 14.6. The molecular weight excluding hydrogens is 394 g/mol. The number of fused-ring (bicyclic) bond motifs is 1. The van der Waals surface area contributed by atoms with Crippen LogP contribution in [0.5, 0.6) is 0 Å². The fourth-order valence-electron chi connectivity index (χ4n) is 2.84. The van der Waals surface area contributed by atoms with Crippen molar-refractivity contribution in [2.24, 2.45) is 0 Å². The quantitative estimate of drug-likeness (QED) is 0.386. The van der Waals surface area contributed by atoms with Crippen molar-refractivity contribution in [3.63, 3.8) is 0 Å². The van der Waals surface area contributed by atoms with Gasteiger partial charge < -0.3 is 0 Å². The molecule has 0 saturated heterocycles. The minimum Gasteiger partial charge on any atom is -0.258 e. The van der Waals surface area contributed by atoms with Gasteiger partial charge in [-0.2, -0.15) is 5.10 Å². The summed E-state index contributed by atoms with van der Waals surface area (Å²) in [5, 5.41) is 15.1. The first-order chi connectivity index (χ1) is 13.9. The summed E-state index contributed by atoms with van der Waals surface area (Å²) in [6, 6.07) is 15.9. The second kappa shape index (κ2) is 7.41. The molecule has 2 aromatic heterocycles. The Hall–Kier alpha value is -3.63. The Bertz CT molecular complexity index is 1280. The van der Waals surface area contributed by atoms with Gasteiger partial charge in [-0.15, -0.1) is 0 Å². The molecule has 0 atom stereocenters. The number of nitrogens with one attached hydrogen (secondary N) is 1. The van der Waals surface area contributed by atoms with Gasteiger partial charge in [0, 0.05) is 30.4 Å².